The third kappa shape index (κ3) is 2.26. The van der Waals surface area contributed by atoms with E-state index in [1.165, 1.54) is 22.9 Å². The lowest BCUT2D eigenvalue weighted by Crippen LogP contribution is -2.18. The molecule has 76 valence electrons. The van der Waals surface area contributed by atoms with E-state index in [4.69, 9.17) is 0 Å². The van der Waals surface area contributed by atoms with Crippen LogP contribution < -0.4 is 5.56 Å². The van der Waals surface area contributed by atoms with Gasteiger partial charge in [0, 0.05) is 12.3 Å². The molecule has 0 aliphatic heterocycles. The predicted octanol–water partition coefficient (Wildman–Crippen LogP) is 1.60. The Balaban J connectivity index is 2.32. The van der Waals surface area contributed by atoms with Crippen LogP contribution in [0, 0.1) is 0 Å². The number of rotatable bonds is 2. The van der Waals surface area contributed by atoms with Crippen LogP contribution in [0.1, 0.15) is 5.56 Å². The fraction of sp³-hybridized carbons (Fsp3) is 0.0833. The molecule has 0 atom stereocenters. The summed E-state index contributed by atoms with van der Waals surface area (Å²) in [5.74, 6) is 0.102. The van der Waals surface area contributed by atoms with Crippen molar-refractivity contribution in [1.29, 1.82) is 0 Å². The highest BCUT2D eigenvalue weighted by molar-refractivity contribution is 5.18. The monoisotopic (exact) mass is 201 g/mol. The minimum Gasteiger partial charge on any atom is -0.506 e. The molecule has 0 aliphatic carbocycles. The number of hydrogen-bond donors (Lipinski definition) is 1. The fourth-order valence-corrected chi connectivity index (χ4v) is 1.42. The first-order valence-corrected chi connectivity index (χ1v) is 4.69. The molecule has 0 unspecified atom stereocenters. The smallest absolute Gasteiger partial charge is 0.251 e. The van der Waals surface area contributed by atoms with Gasteiger partial charge in [0.25, 0.3) is 5.56 Å². The number of hydrogen-bond acceptors (Lipinski definition) is 2. The molecule has 0 fully saturated rings. The van der Waals surface area contributed by atoms with Crippen LogP contribution in [-0.2, 0) is 6.54 Å². The zero-order valence-corrected chi connectivity index (χ0v) is 8.13. The average molecular weight is 201 g/mol. The van der Waals surface area contributed by atoms with Gasteiger partial charge < -0.3 is 9.67 Å². The van der Waals surface area contributed by atoms with Crippen molar-refractivity contribution in [3.63, 3.8) is 0 Å². The Morgan fingerprint density at radius 1 is 1.07 bits per heavy atom. The maximum atomic E-state index is 11.4. The summed E-state index contributed by atoms with van der Waals surface area (Å²) in [4.78, 5) is 11.4. The first-order chi connectivity index (χ1) is 7.25. The molecule has 0 saturated carbocycles. The first kappa shape index (κ1) is 9.52. The maximum absolute atomic E-state index is 11.4. The molecular formula is C12H11NO2. The number of pyridine rings is 1. The standard InChI is InChI=1S/C12H11NO2/c14-11-6-7-12(15)13(9-11)8-10-4-2-1-3-5-10/h1-7,9,14H,8H2. The summed E-state index contributed by atoms with van der Waals surface area (Å²) in [6, 6.07) is 12.4. The van der Waals surface area contributed by atoms with E-state index >= 15 is 0 Å². The van der Waals surface area contributed by atoms with Gasteiger partial charge in [-0.2, -0.15) is 0 Å². The van der Waals surface area contributed by atoms with Gasteiger partial charge in [0.1, 0.15) is 5.75 Å². The Bertz CT molecular complexity index is 503. The van der Waals surface area contributed by atoms with Crippen molar-refractivity contribution in [2.24, 2.45) is 0 Å². The second-order valence-electron chi connectivity index (χ2n) is 3.34. The summed E-state index contributed by atoms with van der Waals surface area (Å²) in [5.41, 5.74) is 0.918. The highest BCUT2D eigenvalue weighted by Gasteiger charge is 1.98. The van der Waals surface area contributed by atoms with Crippen molar-refractivity contribution >= 4 is 0 Å². The van der Waals surface area contributed by atoms with Crippen molar-refractivity contribution in [1.82, 2.24) is 4.57 Å². The van der Waals surface area contributed by atoms with Crippen LogP contribution >= 0.6 is 0 Å². The highest BCUT2D eigenvalue weighted by Crippen LogP contribution is 2.05. The zero-order valence-electron chi connectivity index (χ0n) is 8.13. The van der Waals surface area contributed by atoms with E-state index in [2.05, 4.69) is 0 Å². The van der Waals surface area contributed by atoms with E-state index in [0.717, 1.165) is 5.56 Å². The molecule has 1 N–H and O–H groups in total. The van der Waals surface area contributed by atoms with Gasteiger partial charge in [0.15, 0.2) is 0 Å². The van der Waals surface area contributed by atoms with E-state index in [1.54, 1.807) is 0 Å². The summed E-state index contributed by atoms with van der Waals surface area (Å²) in [7, 11) is 0. The van der Waals surface area contributed by atoms with E-state index in [1.807, 2.05) is 30.3 Å². The van der Waals surface area contributed by atoms with Crippen molar-refractivity contribution in [2.45, 2.75) is 6.54 Å². The topological polar surface area (TPSA) is 42.2 Å². The van der Waals surface area contributed by atoms with E-state index in [-0.39, 0.29) is 11.3 Å². The molecule has 1 heterocycles. The third-order valence-corrected chi connectivity index (χ3v) is 2.16. The first-order valence-electron chi connectivity index (χ1n) is 4.69. The Morgan fingerprint density at radius 2 is 1.80 bits per heavy atom. The molecule has 1 aromatic heterocycles. The molecule has 0 saturated heterocycles. The van der Waals surface area contributed by atoms with Crippen LogP contribution in [0.3, 0.4) is 0 Å². The van der Waals surface area contributed by atoms with Crippen LogP contribution in [0.4, 0.5) is 0 Å². The van der Waals surface area contributed by atoms with E-state index in [9.17, 15) is 9.90 Å². The molecule has 0 spiro atoms. The van der Waals surface area contributed by atoms with E-state index in [0.29, 0.717) is 6.54 Å². The van der Waals surface area contributed by atoms with Gasteiger partial charge in [0.2, 0.25) is 0 Å². The number of benzene rings is 1. The molecule has 0 bridgehead atoms. The third-order valence-electron chi connectivity index (χ3n) is 2.16. The van der Waals surface area contributed by atoms with Crippen molar-refractivity contribution in [2.75, 3.05) is 0 Å². The number of nitrogens with zero attached hydrogens (tertiary/aromatic N) is 1. The Hall–Kier alpha value is -2.03. The zero-order chi connectivity index (χ0) is 10.7. The molecule has 2 aromatic rings. The Labute approximate surface area is 87.2 Å². The molecule has 3 heteroatoms. The largest absolute Gasteiger partial charge is 0.506 e. The molecule has 0 radical (unpaired) electrons. The summed E-state index contributed by atoms with van der Waals surface area (Å²) in [5, 5.41) is 9.26. The van der Waals surface area contributed by atoms with Crippen LogP contribution in [-0.4, -0.2) is 9.67 Å². The summed E-state index contributed by atoms with van der Waals surface area (Å²) >= 11 is 0. The minimum atomic E-state index is -0.114. The van der Waals surface area contributed by atoms with Gasteiger partial charge in [-0.05, 0) is 11.6 Å². The highest BCUT2D eigenvalue weighted by atomic mass is 16.3. The Kier molecular flexibility index (Phi) is 2.54. The van der Waals surface area contributed by atoms with Gasteiger partial charge in [-0.3, -0.25) is 4.79 Å². The minimum absolute atomic E-state index is 0.102. The van der Waals surface area contributed by atoms with Crippen LogP contribution in [0.2, 0.25) is 0 Å². The van der Waals surface area contributed by atoms with Crippen molar-refractivity contribution < 1.29 is 5.11 Å². The maximum Gasteiger partial charge on any atom is 0.251 e. The quantitative estimate of drug-likeness (QED) is 0.801. The van der Waals surface area contributed by atoms with Crippen molar-refractivity contribution in [3.05, 3.63) is 64.6 Å². The summed E-state index contributed by atoms with van der Waals surface area (Å²) < 4.78 is 1.48. The van der Waals surface area contributed by atoms with Gasteiger partial charge >= 0.3 is 0 Å². The van der Waals surface area contributed by atoms with Crippen LogP contribution in [0.15, 0.2) is 53.5 Å². The van der Waals surface area contributed by atoms with Crippen LogP contribution in [0.5, 0.6) is 5.75 Å². The SMILES string of the molecule is O=c1ccc(O)cn1Cc1ccccc1. The molecule has 3 nitrogen and oxygen atoms in total. The van der Waals surface area contributed by atoms with Gasteiger partial charge in [-0.15, -0.1) is 0 Å². The Morgan fingerprint density at radius 3 is 2.53 bits per heavy atom. The summed E-state index contributed by atoms with van der Waals surface area (Å²) in [6.45, 7) is 0.480. The van der Waals surface area contributed by atoms with Crippen LogP contribution in [0.25, 0.3) is 0 Å². The number of aromatic hydroxyl groups is 1. The van der Waals surface area contributed by atoms with Gasteiger partial charge in [-0.25, -0.2) is 0 Å². The lowest BCUT2D eigenvalue weighted by Gasteiger charge is -2.05. The van der Waals surface area contributed by atoms with E-state index < -0.39 is 0 Å². The molecule has 1 aromatic carbocycles. The molecule has 0 amide bonds. The van der Waals surface area contributed by atoms with Gasteiger partial charge in [0.05, 0.1) is 6.54 Å². The lowest BCUT2D eigenvalue weighted by atomic mass is 10.2. The average Bonchev–Trinajstić information content (AvgIpc) is 2.25. The molecular weight excluding hydrogens is 190 g/mol. The second kappa shape index (κ2) is 4.00. The molecule has 2 rings (SSSR count). The fourth-order valence-electron chi connectivity index (χ4n) is 1.42. The molecule has 15 heavy (non-hydrogen) atoms. The van der Waals surface area contributed by atoms with Gasteiger partial charge in [-0.1, -0.05) is 30.3 Å². The predicted molar refractivity (Wildman–Crippen MR) is 57.9 cm³/mol. The summed E-state index contributed by atoms with van der Waals surface area (Å²) in [6.07, 6.45) is 1.44. The normalized spacial score (nSPS) is 10.1. The second-order valence-corrected chi connectivity index (χ2v) is 3.34. The molecule has 0 aliphatic rings. The number of aromatic nitrogens is 1. The van der Waals surface area contributed by atoms with Crippen molar-refractivity contribution in [3.8, 4) is 5.75 Å². The lowest BCUT2D eigenvalue weighted by molar-refractivity contribution is 0.466.